The second-order valence-corrected chi connectivity index (χ2v) is 7.87. The summed E-state index contributed by atoms with van der Waals surface area (Å²) in [4.78, 5) is 51.1. The normalized spacial score (nSPS) is 10.7. The summed E-state index contributed by atoms with van der Waals surface area (Å²) >= 11 is 0. The van der Waals surface area contributed by atoms with Crippen molar-refractivity contribution in [3.63, 3.8) is 0 Å². The molecule has 0 atom stereocenters. The highest BCUT2D eigenvalue weighted by Crippen LogP contribution is 2.25. The van der Waals surface area contributed by atoms with E-state index in [1.807, 2.05) is 6.92 Å². The van der Waals surface area contributed by atoms with E-state index < -0.39 is 16.8 Å². The van der Waals surface area contributed by atoms with Crippen LogP contribution in [0, 0.1) is 24.0 Å². The van der Waals surface area contributed by atoms with Gasteiger partial charge >= 0.3 is 5.97 Å². The van der Waals surface area contributed by atoms with E-state index in [1.54, 1.807) is 37.5 Å². The number of carbonyl (C=O) groups excluding carboxylic acids is 3. The van der Waals surface area contributed by atoms with Crippen molar-refractivity contribution in [1.82, 2.24) is 9.47 Å². The van der Waals surface area contributed by atoms with Gasteiger partial charge in [0, 0.05) is 35.5 Å². The highest BCUT2D eigenvalue weighted by molar-refractivity contribution is 6.06. The molecule has 184 valence electrons. The number of furan rings is 1. The third-order valence-electron chi connectivity index (χ3n) is 5.70. The Hall–Kier alpha value is -4.21. The molecule has 10 nitrogen and oxygen atoms in total. The van der Waals surface area contributed by atoms with Crippen molar-refractivity contribution in [3.05, 3.63) is 86.6 Å². The van der Waals surface area contributed by atoms with Gasteiger partial charge in [-0.25, -0.2) is 4.79 Å². The minimum absolute atomic E-state index is 0.0197. The maximum atomic E-state index is 13.5. The molecule has 0 bridgehead atoms. The van der Waals surface area contributed by atoms with Crippen LogP contribution in [0.1, 0.15) is 62.1 Å². The van der Waals surface area contributed by atoms with E-state index in [0.717, 1.165) is 0 Å². The SMILES string of the molecule is CCOC(=O)c1c(C)c(C(=O)CN(Cc2ccco2)C(=O)c2ccc([N+](=O)[O-])cc2)c(C)n1CC. The number of amides is 1. The summed E-state index contributed by atoms with van der Waals surface area (Å²) < 4.78 is 12.3. The lowest BCUT2D eigenvalue weighted by atomic mass is 10.0. The number of nitrogens with zero attached hydrogens (tertiary/aromatic N) is 3. The van der Waals surface area contributed by atoms with Gasteiger partial charge < -0.3 is 18.6 Å². The lowest BCUT2D eigenvalue weighted by molar-refractivity contribution is -0.384. The Balaban J connectivity index is 1.96. The third kappa shape index (κ3) is 5.32. The van der Waals surface area contributed by atoms with Crippen molar-refractivity contribution in [2.75, 3.05) is 13.2 Å². The number of Topliss-reactive ketones (excluding diaryl/α,β-unsaturated/α-hetero) is 1. The highest BCUT2D eigenvalue weighted by atomic mass is 16.6. The molecule has 1 amide bonds. The smallest absolute Gasteiger partial charge is 0.355 e. The first kappa shape index (κ1) is 25.4. The standard InChI is InChI=1S/C25H27N3O7/c1-5-27-17(4)22(16(3)23(27)25(31)34-6-2)21(29)15-26(14-20-8-7-13-35-20)24(30)18-9-11-19(12-10-18)28(32)33/h7-13H,5-6,14-15H2,1-4H3. The summed E-state index contributed by atoms with van der Waals surface area (Å²) in [6.45, 7) is 7.42. The van der Waals surface area contributed by atoms with Crippen LogP contribution in [0.2, 0.25) is 0 Å². The van der Waals surface area contributed by atoms with Crippen molar-refractivity contribution in [2.45, 2.75) is 40.8 Å². The van der Waals surface area contributed by atoms with E-state index in [0.29, 0.717) is 34.8 Å². The van der Waals surface area contributed by atoms with Gasteiger partial charge in [-0.1, -0.05) is 0 Å². The molecule has 0 fully saturated rings. The van der Waals surface area contributed by atoms with Crippen LogP contribution in [-0.4, -0.2) is 45.2 Å². The van der Waals surface area contributed by atoms with Crippen LogP contribution >= 0.6 is 0 Å². The molecule has 2 heterocycles. The van der Waals surface area contributed by atoms with Gasteiger partial charge in [0.1, 0.15) is 11.5 Å². The first-order valence-corrected chi connectivity index (χ1v) is 11.2. The Labute approximate surface area is 202 Å². The Kier molecular flexibility index (Phi) is 7.85. The largest absolute Gasteiger partial charge is 0.467 e. The van der Waals surface area contributed by atoms with Crippen molar-refractivity contribution < 1.29 is 28.5 Å². The lowest BCUT2D eigenvalue weighted by Gasteiger charge is -2.21. The molecule has 0 radical (unpaired) electrons. The number of hydrogen-bond acceptors (Lipinski definition) is 7. The number of rotatable bonds is 10. The monoisotopic (exact) mass is 481 g/mol. The van der Waals surface area contributed by atoms with Crippen LogP contribution in [-0.2, 0) is 17.8 Å². The second-order valence-electron chi connectivity index (χ2n) is 7.87. The molecule has 3 rings (SSSR count). The zero-order chi connectivity index (χ0) is 25.7. The molecule has 0 spiro atoms. The van der Waals surface area contributed by atoms with Gasteiger partial charge in [0.05, 0.1) is 30.9 Å². The van der Waals surface area contributed by atoms with E-state index in [4.69, 9.17) is 9.15 Å². The first-order valence-electron chi connectivity index (χ1n) is 11.2. The van der Waals surface area contributed by atoms with Crippen LogP contribution in [0.15, 0.2) is 47.1 Å². The maximum Gasteiger partial charge on any atom is 0.355 e. The molecule has 10 heteroatoms. The fourth-order valence-corrected chi connectivity index (χ4v) is 4.11. The van der Waals surface area contributed by atoms with Crippen LogP contribution < -0.4 is 0 Å². The van der Waals surface area contributed by atoms with Crippen molar-refractivity contribution in [1.29, 1.82) is 0 Å². The number of ether oxygens (including phenoxy) is 1. The molecule has 0 aliphatic rings. The molecule has 0 saturated carbocycles. The minimum atomic E-state index is -0.552. The topological polar surface area (TPSA) is 125 Å². The minimum Gasteiger partial charge on any atom is -0.467 e. The van der Waals surface area contributed by atoms with Crippen molar-refractivity contribution in [3.8, 4) is 0 Å². The molecule has 0 unspecified atom stereocenters. The van der Waals surface area contributed by atoms with Gasteiger partial charge in [-0.3, -0.25) is 19.7 Å². The Morgan fingerprint density at radius 3 is 2.34 bits per heavy atom. The summed E-state index contributed by atoms with van der Waals surface area (Å²) in [5.41, 5.74) is 1.83. The zero-order valence-electron chi connectivity index (χ0n) is 20.1. The summed E-state index contributed by atoms with van der Waals surface area (Å²) in [6.07, 6.45) is 1.47. The van der Waals surface area contributed by atoms with E-state index in [9.17, 15) is 24.5 Å². The number of esters is 1. The van der Waals surface area contributed by atoms with Gasteiger partial charge in [-0.05, 0) is 57.5 Å². The quantitative estimate of drug-likeness (QED) is 0.183. The number of benzene rings is 1. The highest BCUT2D eigenvalue weighted by Gasteiger charge is 2.29. The summed E-state index contributed by atoms with van der Waals surface area (Å²) in [6, 6.07) is 8.53. The Bertz CT molecular complexity index is 1240. The molecule has 3 aromatic rings. The predicted molar refractivity (Wildman–Crippen MR) is 126 cm³/mol. The molecule has 0 aliphatic heterocycles. The van der Waals surface area contributed by atoms with Gasteiger partial charge in [0.25, 0.3) is 11.6 Å². The van der Waals surface area contributed by atoms with E-state index in [1.165, 1.54) is 35.4 Å². The van der Waals surface area contributed by atoms with E-state index >= 15 is 0 Å². The average molecular weight is 482 g/mol. The number of ketones is 1. The number of nitro groups is 1. The predicted octanol–water partition coefficient (Wildman–Crippen LogP) is 4.33. The van der Waals surface area contributed by atoms with Crippen LogP contribution in [0.5, 0.6) is 0 Å². The molecule has 0 saturated heterocycles. The molecular formula is C25H27N3O7. The number of carbonyl (C=O) groups is 3. The average Bonchev–Trinajstić information content (AvgIpc) is 3.43. The van der Waals surface area contributed by atoms with Crippen LogP contribution in [0.3, 0.4) is 0 Å². The molecule has 0 N–H and O–H groups in total. The van der Waals surface area contributed by atoms with Crippen molar-refractivity contribution in [2.24, 2.45) is 0 Å². The summed E-state index contributed by atoms with van der Waals surface area (Å²) in [7, 11) is 0. The summed E-state index contributed by atoms with van der Waals surface area (Å²) in [5.74, 6) is -0.872. The number of aromatic nitrogens is 1. The fraction of sp³-hybridized carbons (Fsp3) is 0.320. The van der Waals surface area contributed by atoms with Gasteiger partial charge in [-0.15, -0.1) is 0 Å². The van der Waals surface area contributed by atoms with E-state index in [2.05, 4.69) is 0 Å². The number of non-ortho nitro benzene ring substituents is 1. The molecule has 1 aromatic carbocycles. The van der Waals surface area contributed by atoms with Crippen LogP contribution in [0.25, 0.3) is 0 Å². The number of nitro benzene ring substituents is 1. The van der Waals surface area contributed by atoms with Crippen LogP contribution in [0.4, 0.5) is 5.69 Å². The zero-order valence-corrected chi connectivity index (χ0v) is 20.1. The Morgan fingerprint density at radius 2 is 1.80 bits per heavy atom. The van der Waals surface area contributed by atoms with Crippen molar-refractivity contribution >= 4 is 23.3 Å². The van der Waals surface area contributed by atoms with Gasteiger partial charge in [-0.2, -0.15) is 0 Å². The Morgan fingerprint density at radius 1 is 1.11 bits per heavy atom. The maximum absolute atomic E-state index is 13.5. The molecular weight excluding hydrogens is 454 g/mol. The summed E-state index contributed by atoms with van der Waals surface area (Å²) in [5, 5.41) is 11.0. The van der Waals surface area contributed by atoms with Gasteiger partial charge in [0.2, 0.25) is 0 Å². The van der Waals surface area contributed by atoms with E-state index in [-0.39, 0.29) is 36.7 Å². The first-order chi connectivity index (χ1) is 16.7. The molecule has 0 aliphatic carbocycles. The molecule has 35 heavy (non-hydrogen) atoms. The molecule has 2 aromatic heterocycles. The van der Waals surface area contributed by atoms with Gasteiger partial charge in [0.15, 0.2) is 5.78 Å². The fourth-order valence-electron chi connectivity index (χ4n) is 4.11. The third-order valence-corrected chi connectivity index (χ3v) is 5.70. The second kappa shape index (κ2) is 10.8. The number of hydrogen-bond donors (Lipinski definition) is 0. The lowest BCUT2D eigenvalue weighted by Crippen LogP contribution is -2.35.